The first kappa shape index (κ1) is 24.8. The molecule has 0 spiro atoms. The van der Waals surface area contributed by atoms with Crippen LogP contribution < -0.4 is 10.2 Å². The Labute approximate surface area is 207 Å². The molecule has 4 rings (SSSR count). The molecule has 184 valence electrons. The molecule has 0 bridgehead atoms. The Bertz CT molecular complexity index is 1140. The van der Waals surface area contributed by atoms with Crippen LogP contribution in [0.25, 0.3) is 6.08 Å². The van der Waals surface area contributed by atoms with Crippen molar-refractivity contribution in [2.45, 2.75) is 18.6 Å². The smallest absolute Gasteiger partial charge is 0.253 e. The number of methoxy groups -OCH3 is 1. The number of morpholine rings is 1. The van der Waals surface area contributed by atoms with Gasteiger partial charge in [0.2, 0.25) is 11.8 Å². The molecular weight excluding hydrogens is 477 g/mol. The minimum atomic E-state index is -0.831. The van der Waals surface area contributed by atoms with Gasteiger partial charge in [0, 0.05) is 43.4 Å². The number of carbonyl (C=O) groups is 3. The molecule has 2 aromatic carbocycles. The Morgan fingerprint density at radius 1 is 1.23 bits per heavy atom. The summed E-state index contributed by atoms with van der Waals surface area (Å²) in [7, 11) is 1.52. The molecule has 2 heterocycles. The second-order valence-electron chi connectivity index (χ2n) is 8.24. The van der Waals surface area contributed by atoms with Gasteiger partial charge in [-0.05, 0) is 42.0 Å². The summed E-state index contributed by atoms with van der Waals surface area (Å²) in [6, 6.07) is 10.3. The lowest BCUT2D eigenvalue weighted by molar-refractivity contribution is -0.132. The molecule has 2 aliphatic rings. The van der Waals surface area contributed by atoms with E-state index in [1.165, 1.54) is 35.1 Å². The fourth-order valence-electron chi connectivity index (χ4n) is 4.08. The summed E-state index contributed by atoms with van der Waals surface area (Å²) in [5.41, 5.74) is 1.13. The maximum absolute atomic E-state index is 14.8. The van der Waals surface area contributed by atoms with Gasteiger partial charge in [-0.15, -0.1) is 0 Å². The summed E-state index contributed by atoms with van der Waals surface area (Å²) in [4.78, 5) is 40.8. The number of carbonyl (C=O) groups excluding carboxylic acids is 3. The van der Waals surface area contributed by atoms with Gasteiger partial charge in [0.05, 0.1) is 18.4 Å². The summed E-state index contributed by atoms with van der Waals surface area (Å²) in [5.74, 6) is -1.82. The summed E-state index contributed by atoms with van der Waals surface area (Å²) in [6.45, 7) is 0.868. The zero-order chi connectivity index (χ0) is 24.9. The SMILES string of the molecule is CO[C@@H]1C[C@H](C(=O)Nc2ccc(N3CCOCC3=O)cc2F)N(C(=O)C=Cc2ccc(Cl)cc2)C1. The standard InChI is InChI=1S/C25H25ClFN3O5/c1-34-19-13-22(30(14-19)23(31)9-4-16-2-5-17(26)6-3-16)25(33)28-21-8-7-18(12-20(21)27)29-10-11-35-15-24(29)32/h2-9,12,19,22H,10-11,13-15H2,1H3,(H,28,33)/t19-,22-/m1/s1. The Morgan fingerprint density at radius 2 is 2.00 bits per heavy atom. The van der Waals surface area contributed by atoms with Gasteiger partial charge in [-0.3, -0.25) is 14.4 Å². The number of nitrogens with zero attached hydrogens (tertiary/aromatic N) is 2. The second-order valence-corrected chi connectivity index (χ2v) is 8.67. The fourth-order valence-corrected chi connectivity index (χ4v) is 4.20. The number of hydrogen-bond donors (Lipinski definition) is 1. The Balaban J connectivity index is 1.46. The van der Waals surface area contributed by atoms with Gasteiger partial charge < -0.3 is 24.6 Å². The van der Waals surface area contributed by atoms with Crippen molar-refractivity contribution < 1.29 is 28.2 Å². The Hall–Kier alpha value is -3.27. The molecule has 2 aliphatic heterocycles. The maximum atomic E-state index is 14.8. The molecule has 0 aromatic heterocycles. The van der Waals surface area contributed by atoms with Crippen molar-refractivity contribution in [2.75, 3.05) is 43.6 Å². The highest BCUT2D eigenvalue weighted by atomic mass is 35.5. The summed E-state index contributed by atoms with van der Waals surface area (Å²) < 4.78 is 25.3. The van der Waals surface area contributed by atoms with Gasteiger partial charge in [0.1, 0.15) is 18.5 Å². The molecule has 2 aromatic rings. The van der Waals surface area contributed by atoms with Crippen molar-refractivity contribution in [3.63, 3.8) is 0 Å². The first-order valence-electron chi connectivity index (χ1n) is 11.1. The van der Waals surface area contributed by atoms with Crippen LogP contribution in [0.2, 0.25) is 5.02 Å². The molecule has 10 heteroatoms. The number of anilines is 2. The highest BCUT2D eigenvalue weighted by Gasteiger charge is 2.39. The summed E-state index contributed by atoms with van der Waals surface area (Å²) >= 11 is 5.89. The normalized spacial score (nSPS) is 20.5. The van der Waals surface area contributed by atoms with E-state index in [0.29, 0.717) is 23.9 Å². The van der Waals surface area contributed by atoms with Crippen molar-refractivity contribution in [3.8, 4) is 0 Å². The third kappa shape index (κ3) is 5.87. The largest absolute Gasteiger partial charge is 0.380 e. The van der Waals surface area contributed by atoms with Gasteiger partial charge in [0.25, 0.3) is 5.91 Å². The van der Waals surface area contributed by atoms with Gasteiger partial charge >= 0.3 is 0 Å². The van der Waals surface area contributed by atoms with Crippen molar-refractivity contribution in [1.29, 1.82) is 0 Å². The van der Waals surface area contributed by atoms with Crippen molar-refractivity contribution in [2.24, 2.45) is 0 Å². The van der Waals surface area contributed by atoms with E-state index < -0.39 is 17.8 Å². The first-order chi connectivity index (χ1) is 16.9. The predicted molar refractivity (Wildman–Crippen MR) is 130 cm³/mol. The lowest BCUT2D eigenvalue weighted by atomic mass is 10.1. The first-order valence-corrected chi connectivity index (χ1v) is 11.5. The molecule has 8 nitrogen and oxygen atoms in total. The number of amides is 3. The van der Waals surface area contributed by atoms with Crippen LogP contribution in [0.15, 0.2) is 48.5 Å². The van der Waals surface area contributed by atoms with Gasteiger partial charge in [0.15, 0.2) is 0 Å². The summed E-state index contributed by atoms with van der Waals surface area (Å²) in [6.07, 6.45) is 2.98. The van der Waals surface area contributed by atoms with Crippen LogP contribution >= 0.6 is 11.6 Å². The van der Waals surface area contributed by atoms with Crippen LogP contribution in [0.1, 0.15) is 12.0 Å². The molecule has 0 aliphatic carbocycles. The lowest BCUT2D eigenvalue weighted by Gasteiger charge is -2.27. The van der Waals surface area contributed by atoms with Gasteiger partial charge in [-0.2, -0.15) is 0 Å². The van der Waals surface area contributed by atoms with Crippen LogP contribution in [0.4, 0.5) is 15.8 Å². The number of nitrogens with one attached hydrogen (secondary N) is 1. The molecule has 2 fully saturated rings. The number of likely N-dealkylation sites (tertiary alicyclic amines) is 1. The predicted octanol–water partition coefficient (Wildman–Crippen LogP) is 3.11. The molecule has 0 saturated carbocycles. The molecule has 3 amide bonds. The number of rotatable bonds is 6. The molecular formula is C25H25ClFN3O5. The summed E-state index contributed by atoms with van der Waals surface area (Å²) in [5, 5.41) is 3.16. The second kappa shape index (κ2) is 11.0. The van der Waals surface area contributed by atoms with Crippen LogP contribution in [-0.2, 0) is 23.9 Å². The van der Waals surface area contributed by atoms with Crippen molar-refractivity contribution in [1.82, 2.24) is 4.90 Å². The number of halogens is 2. The highest BCUT2D eigenvalue weighted by Crippen LogP contribution is 2.26. The fraction of sp³-hybridized carbons (Fsp3) is 0.320. The van der Waals surface area contributed by atoms with Crippen LogP contribution in [0, 0.1) is 5.82 Å². The zero-order valence-electron chi connectivity index (χ0n) is 19.1. The Kier molecular flexibility index (Phi) is 7.80. The van der Waals surface area contributed by atoms with Crippen LogP contribution in [0.3, 0.4) is 0 Å². The van der Waals surface area contributed by atoms with Crippen molar-refractivity contribution in [3.05, 3.63) is 64.9 Å². The Morgan fingerprint density at radius 3 is 2.69 bits per heavy atom. The molecule has 0 radical (unpaired) electrons. The quantitative estimate of drug-likeness (QED) is 0.614. The van der Waals surface area contributed by atoms with E-state index in [9.17, 15) is 18.8 Å². The average molecular weight is 502 g/mol. The van der Waals surface area contributed by atoms with Crippen LogP contribution in [-0.4, -0.2) is 68.2 Å². The van der Waals surface area contributed by atoms with E-state index in [1.54, 1.807) is 36.4 Å². The molecule has 1 N–H and O–H groups in total. The average Bonchev–Trinajstić information content (AvgIpc) is 3.30. The third-order valence-corrected chi connectivity index (χ3v) is 6.23. The number of ether oxygens (including phenoxy) is 2. The van der Waals surface area contributed by atoms with E-state index in [2.05, 4.69) is 5.32 Å². The van der Waals surface area contributed by atoms with E-state index >= 15 is 0 Å². The lowest BCUT2D eigenvalue weighted by Crippen LogP contribution is -2.42. The van der Waals surface area contributed by atoms with Gasteiger partial charge in [-0.25, -0.2) is 4.39 Å². The minimum Gasteiger partial charge on any atom is -0.380 e. The van der Waals surface area contributed by atoms with Crippen LogP contribution in [0.5, 0.6) is 0 Å². The maximum Gasteiger partial charge on any atom is 0.253 e. The van der Waals surface area contributed by atoms with E-state index in [4.69, 9.17) is 21.1 Å². The minimum absolute atomic E-state index is 0.0376. The molecule has 35 heavy (non-hydrogen) atoms. The number of benzene rings is 2. The van der Waals surface area contributed by atoms with E-state index in [0.717, 1.165) is 5.56 Å². The van der Waals surface area contributed by atoms with Gasteiger partial charge in [-0.1, -0.05) is 23.7 Å². The monoisotopic (exact) mass is 501 g/mol. The van der Waals surface area contributed by atoms with E-state index in [1.807, 2.05) is 0 Å². The molecule has 2 atom stereocenters. The molecule has 2 saturated heterocycles. The van der Waals surface area contributed by atoms with Crippen molar-refractivity contribution >= 4 is 46.8 Å². The third-order valence-electron chi connectivity index (χ3n) is 5.98. The molecule has 0 unspecified atom stereocenters. The number of hydrogen-bond acceptors (Lipinski definition) is 5. The zero-order valence-corrected chi connectivity index (χ0v) is 19.8. The highest BCUT2D eigenvalue weighted by molar-refractivity contribution is 6.30. The topological polar surface area (TPSA) is 88.2 Å². The van der Waals surface area contributed by atoms with E-state index in [-0.39, 0.29) is 43.2 Å².